The van der Waals surface area contributed by atoms with Crippen LogP contribution in [-0.2, 0) is 16.0 Å². The molecule has 1 aromatic heterocycles. The number of hydrogen-bond donors (Lipinski definition) is 3. The van der Waals surface area contributed by atoms with Gasteiger partial charge in [-0.15, -0.1) is 0 Å². The first-order chi connectivity index (χ1) is 14.9. The summed E-state index contributed by atoms with van der Waals surface area (Å²) in [4.78, 5) is 30.2. The van der Waals surface area contributed by atoms with Crippen LogP contribution < -0.4 is 10.6 Å². The van der Waals surface area contributed by atoms with E-state index in [-0.39, 0.29) is 11.8 Å². The molecule has 0 radical (unpaired) electrons. The summed E-state index contributed by atoms with van der Waals surface area (Å²) in [6.07, 6.45) is 6.42. The lowest BCUT2D eigenvalue weighted by Crippen LogP contribution is -2.28. The van der Waals surface area contributed by atoms with Gasteiger partial charge < -0.3 is 20.5 Å². The molecule has 1 aliphatic rings. The standard InChI is InChI=1S/C25H34N4O2/c1-17-19(12-13-24(30)29(4)15-9-5-8-14-26-3)18(2)27-23(17)16-21-20-10-6-7-11-22(20)28-25(21)31/h6-7,10-11,16,26-27H,5,8-9,12-15H2,1-4H3,(H,28,31)/b21-16-. The van der Waals surface area contributed by atoms with E-state index in [1.807, 2.05) is 56.3 Å². The number of nitrogens with one attached hydrogen (secondary N) is 3. The van der Waals surface area contributed by atoms with E-state index >= 15 is 0 Å². The number of anilines is 1. The van der Waals surface area contributed by atoms with E-state index in [2.05, 4.69) is 22.5 Å². The number of para-hydroxylation sites is 1. The molecule has 0 unspecified atom stereocenters. The van der Waals surface area contributed by atoms with Crippen molar-refractivity contribution in [3.63, 3.8) is 0 Å². The number of nitrogens with zero attached hydrogens (tertiary/aromatic N) is 1. The van der Waals surface area contributed by atoms with E-state index in [4.69, 9.17) is 0 Å². The highest BCUT2D eigenvalue weighted by Crippen LogP contribution is 2.33. The Morgan fingerprint density at radius 1 is 1.16 bits per heavy atom. The van der Waals surface area contributed by atoms with Crippen molar-refractivity contribution in [2.75, 3.05) is 32.5 Å². The molecule has 2 heterocycles. The minimum Gasteiger partial charge on any atom is -0.359 e. The van der Waals surface area contributed by atoms with E-state index in [9.17, 15) is 9.59 Å². The van der Waals surface area contributed by atoms with E-state index in [0.717, 1.165) is 66.1 Å². The number of aromatic amines is 1. The molecule has 166 valence electrons. The summed E-state index contributed by atoms with van der Waals surface area (Å²) >= 11 is 0. The average Bonchev–Trinajstić information content (AvgIpc) is 3.21. The first-order valence-corrected chi connectivity index (χ1v) is 11.1. The number of carbonyl (C=O) groups is 2. The van der Waals surface area contributed by atoms with Gasteiger partial charge in [0.1, 0.15) is 0 Å². The predicted molar refractivity (Wildman–Crippen MR) is 127 cm³/mol. The number of rotatable bonds is 10. The van der Waals surface area contributed by atoms with Crippen molar-refractivity contribution >= 4 is 29.2 Å². The van der Waals surface area contributed by atoms with Gasteiger partial charge in [-0.3, -0.25) is 9.59 Å². The molecule has 1 aliphatic heterocycles. The summed E-state index contributed by atoms with van der Waals surface area (Å²) in [6.45, 7) is 5.91. The quantitative estimate of drug-likeness (QED) is 0.401. The number of benzene rings is 1. The fourth-order valence-corrected chi connectivity index (χ4v) is 4.14. The van der Waals surface area contributed by atoms with Crippen LogP contribution in [-0.4, -0.2) is 48.9 Å². The van der Waals surface area contributed by atoms with Crippen molar-refractivity contribution in [1.82, 2.24) is 15.2 Å². The van der Waals surface area contributed by atoms with Gasteiger partial charge in [0.25, 0.3) is 5.91 Å². The van der Waals surface area contributed by atoms with Crippen LogP contribution in [0.25, 0.3) is 11.6 Å². The largest absolute Gasteiger partial charge is 0.359 e. The average molecular weight is 423 g/mol. The molecule has 1 aromatic carbocycles. The third kappa shape index (κ3) is 5.44. The van der Waals surface area contributed by atoms with Crippen LogP contribution in [0.3, 0.4) is 0 Å². The first kappa shape index (κ1) is 22.8. The molecule has 0 aliphatic carbocycles. The molecular weight excluding hydrogens is 388 g/mol. The van der Waals surface area contributed by atoms with Crippen molar-refractivity contribution in [2.45, 2.75) is 46.0 Å². The van der Waals surface area contributed by atoms with Gasteiger partial charge in [-0.1, -0.05) is 24.6 Å². The van der Waals surface area contributed by atoms with Crippen molar-refractivity contribution in [2.24, 2.45) is 0 Å². The minimum absolute atomic E-state index is 0.0825. The van der Waals surface area contributed by atoms with E-state index < -0.39 is 0 Å². The van der Waals surface area contributed by atoms with Gasteiger partial charge in [-0.2, -0.15) is 0 Å². The van der Waals surface area contributed by atoms with Crippen molar-refractivity contribution in [3.05, 3.63) is 52.3 Å². The molecule has 3 rings (SSSR count). The maximum absolute atomic E-state index is 12.6. The number of hydrogen-bond acceptors (Lipinski definition) is 3. The van der Waals surface area contributed by atoms with Crippen molar-refractivity contribution in [1.29, 1.82) is 0 Å². The van der Waals surface area contributed by atoms with Crippen LogP contribution in [0.2, 0.25) is 0 Å². The van der Waals surface area contributed by atoms with Crippen LogP contribution >= 0.6 is 0 Å². The third-order valence-corrected chi connectivity index (χ3v) is 6.07. The number of aryl methyl sites for hydroxylation is 1. The summed E-state index contributed by atoms with van der Waals surface area (Å²) in [5.74, 6) is 0.0959. The number of carbonyl (C=O) groups excluding carboxylic acids is 2. The highest BCUT2D eigenvalue weighted by molar-refractivity contribution is 6.34. The Labute approximate surface area is 185 Å². The van der Waals surface area contributed by atoms with E-state index in [0.29, 0.717) is 18.4 Å². The number of H-pyrrole nitrogens is 1. The summed E-state index contributed by atoms with van der Waals surface area (Å²) in [5.41, 5.74) is 6.68. The van der Waals surface area contributed by atoms with Gasteiger partial charge in [0.2, 0.25) is 5.91 Å². The van der Waals surface area contributed by atoms with Crippen molar-refractivity contribution < 1.29 is 9.59 Å². The molecule has 0 saturated carbocycles. The van der Waals surface area contributed by atoms with Crippen LogP contribution in [0.4, 0.5) is 5.69 Å². The minimum atomic E-state index is -0.0825. The summed E-state index contributed by atoms with van der Waals surface area (Å²) in [6, 6.07) is 7.72. The van der Waals surface area contributed by atoms with E-state index in [1.165, 1.54) is 0 Å². The molecule has 0 saturated heterocycles. The molecule has 6 heteroatoms. The SMILES string of the molecule is CNCCCCCN(C)C(=O)CCc1c(C)[nH]c(/C=C2\C(=O)Nc3ccccc32)c1C. The Kier molecular flexibility index (Phi) is 7.69. The highest BCUT2D eigenvalue weighted by atomic mass is 16.2. The van der Waals surface area contributed by atoms with Crippen molar-refractivity contribution in [3.8, 4) is 0 Å². The molecule has 0 spiro atoms. The maximum atomic E-state index is 12.6. The Bertz CT molecular complexity index is 974. The van der Waals surface area contributed by atoms with Crippen LogP contribution in [0, 0.1) is 13.8 Å². The van der Waals surface area contributed by atoms with Gasteiger partial charge in [-0.05, 0) is 70.0 Å². The molecular formula is C25H34N4O2. The molecule has 2 aromatic rings. The van der Waals surface area contributed by atoms with E-state index in [1.54, 1.807) is 0 Å². The zero-order chi connectivity index (χ0) is 22.4. The third-order valence-electron chi connectivity index (χ3n) is 6.07. The molecule has 6 nitrogen and oxygen atoms in total. The second kappa shape index (κ2) is 10.4. The highest BCUT2D eigenvalue weighted by Gasteiger charge is 2.24. The predicted octanol–water partition coefficient (Wildman–Crippen LogP) is 3.90. The Balaban J connectivity index is 1.63. The zero-order valence-corrected chi connectivity index (χ0v) is 19.1. The maximum Gasteiger partial charge on any atom is 0.256 e. The number of aromatic nitrogens is 1. The summed E-state index contributed by atoms with van der Waals surface area (Å²) in [5, 5.41) is 6.06. The Morgan fingerprint density at radius 3 is 2.71 bits per heavy atom. The topological polar surface area (TPSA) is 77.2 Å². The Hall–Kier alpha value is -2.86. The molecule has 0 fully saturated rings. The van der Waals surface area contributed by atoms with Crippen LogP contribution in [0.1, 0.15) is 53.8 Å². The smallest absolute Gasteiger partial charge is 0.256 e. The lowest BCUT2D eigenvalue weighted by atomic mass is 10.0. The first-order valence-electron chi connectivity index (χ1n) is 11.1. The van der Waals surface area contributed by atoms with Gasteiger partial charge in [-0.25, -0.2) is 0 Å². The molecule has 2 amide bonds. The second-order valence-electron chi connectivity index (χ2n) is 8.30. The van der Waals surface area contributed by atoms with Gasteiger partial charge in [0.15, 0.2) is 0 Å². The number of amides is 2. The van der Waals surface area contributed by atoms with Crippen LogP contribution in [0.5, 0.6) is 0 Å². The summed E-state index contributed by atoms with van der Waals surface area (Å²) in [7, 11) is 3.85. The fraction of sp³-hybridized carbons (Fsp3) is 0.440. The van der Waals surface area contributed by atoms with Crippen LogP contribution in [0.15, 0.2) is 24.3 Å². The monoisotopic (exact) mass is 422 g/mol. The summed E-state index contributed by atoms with van der Waals surface area (Å²) < 4.78 is 0. The normalized spacial score (nSPS) is 14.1. The Morgan fingerprint density at radius 2 is 1.94 bits per heavy atom. The number of unbranched alkanes of at least 4 members (excludes halogenated alkanes) is 2. The fourth-order valence-electron chi connectivity index (χ4n) is 4.14. The number of fused-ring (bicyclic) bond motifs is 1. The van der Waals surface area contributed by atoms with Gasteiger partial charge >= 0.3 is 0 Å². The van der Waals surface area contributed by atoms with Gasteiger partial charge in [0, 0.05) is 42.7 Å². The zero-order valence-electron chi connectivity index (χ0n) is 19.1. The molecule has 3 N–H and O–H groups in total. The molecule has 31 heavy (non-hydrogen) atoms. The lowest BCUT2D eigenvalue weighted by Gasteiger charge is -2.17. The lowest BCUT2D eigenvalue weighted by molar-refractivity contribution is -0.129. The molecule has 0 bridgehead atoms. The van der Waals surface area contributed by atoms with Gasteiger partial charge in [0.05, 0.1) is 5.57 Å². The molecule has 0 atom stereocenters. The second-order valence-corrected chi connectivity index (χ2v) is 8.30.